The highest BCUT2D eigenvalue weighted by Gasteiger charge is 2.39. The van der Waals surface area contributed by atoms with E-state index in [-0.39, 0.29) is 17.4 Å². The Balaban J connectivity index is 1.94. The number of methoxy groups -OCH3 is 2. The number of alkyl halides is 2. The molecule has 1 aliphatic rings. The Bertz CT molecular complexity index is 587. The van der Waals surface area contributed by atoms with Crippen molar-refractivity contribution in [3.8, 4) is 11.5 Å². The van der Waals surface area contributed by atoms with Gasteiger partial charge in [-0.15, -0.1) is 0 Å². The van der Waals surface area contributed by atoms with Gasteiger partial charge in [-0.3, -0.25) is 4.79 Å². The fourth-order valence-electron chi connectivity index (χ4n) is 3.19. The second-order valence-corrected chi connectivity index (χ2v) is 6.33. The normalized spacial score (nSPS) is 16.3. The summed E-state index contributed by atoms with van der Waals surface area (Å²) >= 11 is 0. The zero-order valence-corrected chi connectivity index (χ0v) is 15.1. The Hall–Kier alpha value is -1.93. The van der Waals surface area contributed by atoms with Crippen LogP contribution < -0.4 is 20.1 Å². The van der Waals surface area contributed by atoms with E-state index >= 15 is 0 Å². The largest absolute Gasteiger partial charge is 0.493 e. The highest BCUT2D eigenvalue weighted by Crippen LogP contribution is 2.30. The number of carbonyl (C=O) groups is 1. The van der Waals surface area contributed by atoms with Crippen LogP contribution in [0, 0.1) is 5.41 Å². The molecule has 6 nitrogen and oxygen atoms in total. The number of nitrogens with one attached hydrogen (secondary N) is 2. The van der Waals surface area contributed by atoms with Crippen LogP contribution in [0.1, 0.15) is 18.4 Å². The average Bonchev–Trinajstić information content (AvgIpc) is 2.62. The number of piperidine rings is 1. The molecule has 0 spiro atoms. The van der Waals surface area contributed by atoms with Gasteiger partial charge in [0.25, 0.3) is 0 Å². The van der Waals surface area contributed by atoms with Crippen molar-refractivity contribution in [2.24, 2.45) is 5.41 Å². The lowest BCUT2D eigenvalue weighted by Crippen LogP contribution is -2.50. The lowest BCUT2D eigenvalue weighted by molar-refractivity contribution is -0.136. The van der Waals surface area contributed by atoms with E-state index in [1.54, 1.807) is 19.2 Å². The smallest absolute Gasteiger partial charge is 0.387 e. The second-order valence-electron chi connectivity index (χ2n) is 6.33. The van der Waals surface area contributed by atoms with Gasteiger partial charge in [0.1, 0.15) is 0 Å². The highest BCUT2D eigenvalue weighted by molar-refractivity contribution is 5.83. The van der Waals surface area contributed by atoms with Crippen LogP contribution in [0.4, 0.5) is 8.78 Å². The Morgan fingerprint density at radius 1 is 1.27 bits per heavy atom. The van der Waals surface area contributed by atoms with Crippen molar-refractivity contribution < 1.29 is 27.8 Å². The van der Waals surface area contributed by atoms with Crippen LogP contribution in [0.2, 0.25) is 0 Å². The quantitative estimate of drug-likeness (QED) is 0.694. The molecular formula is C18H26F2N2O4. The average molecular weight is 372 g/mol. The summed E-state index contributed by atoms with van der Waals surface area (Å²) in [7, 11) is 2.99. The number of hydrogen-bond acceptors (Lipinski definition) is 5. The lowest BCUT2D eigenvalue weighted by atomic mass is 9.78. The number of ether oxygens (including phenoxy) is 3. The third-order valence-corrected chi connectivity index (χ3v) is 4.61. The molecule has 26 heavy (non-hydrogen) atoms. The standard InChI is InChI=1S/C18H26F2N2O4/c1-24-12-18(6-9-21-10-7-18)16(23)22-8-5-13-3-4-14(25-2)15(11-13)26-17(19)20/h3-4,11,17,21H,5-10,12H2,1-2H3,(H,22,23). The number of rotatable bonds is 9. The molecule has 1 aromatic carbocycles. The Labute approximate surface area is 152 Å². The van der Waals surface area contributed by atoms with Gasteiger partial charge in [-0.2, -0.15) is 8.78 Å². The summed E-state index contributed by atoms with van der Waals surface area (Å²) in [6.45, 7) is -0.575. The van der Waals surface area contributed by atoms with E-state index in [9.17, 15) is 13.6 Å². The van der Waals surface area contributed by atoms with Crippen LogP contribution in [0.25, 0.3) is 0 Å². The summed E-state index contributed by atoms with van der Waals surface area (Å²) < 4.78 is 39.7. The molecular weight excluding hydrogens is 346 g/mol. The summed E-state index contributed by atoms with van der Waals surface area (Å²) in [5, 5.41) is 6.19. The van der Waals surface area contributed by atoms with E-state index in [0.717, 1.165) is 31.5 Å². The Kier molecular flexibility index (Phi) is 7.59. The first kappa shape index (κ1) is 20.4. The monoisotopic (exact) mass is 372 g/mol. The molecule has 1 aromatic rings. The maximum Gasteiger partial charge on any atom is 0.387 e. The predicted octanol–water partition coefficient (Wildman–Crippen LogP) is 1.97. The SMILES string of the molecule is COCC1(C(=O)NCCc2ccc(OC)c(OC(F)F)c2)CCNCC1. The van der Waals surface area contributed by atoms with E-state index in [1.807, 2.05) is 0 Å². The van der Waals surface area contributed by atoms with E-state index in [2.05, 4.69) is 15.4 Å². The molecule has 8 heteroatoms. The molecule has 1 heterocycles. The minimum Gasteiger partial charge on any atom is -0.493 e. The first-order valence-electron chi connectivity index (χ1n) is 8.60. The van der Waals surface area contributed by atoms with Crippen molar-refractivity contribution in [3.63, 3.8) is 0 Å². The number of amides is 1. The van der Waals surface area contributed by atoms with Gasteiger partial charge in [0.15, 0.2) is 11.5 Å². The molecule has 0 aromatic heterocycles. The maximum atomic E-state index is 12.7. The molecule has 0 saturated carbocycles. The van der Waals surface area contributed by atoms with E-state index in [4.69, 9.17) is 9.47 Å². The fraction of sp³-hybridized carbons (Fsp3) is 0.611. The number of hydrogen-bond donors (Lipinski definition) is 2. The van der Waals surface area contributed by atoms with E-state index in [1.165, 1.54) is 13.2 Å². The topological polar surface area (TPSA) is 68.8 Å². The molecule has 1 fully saturated rings. The van der Waals surface area contributed by atoms with Gasteiger partial charge in [-0.05, 0) is 50.0 Å². The molecule has 0 aliphatic carbocycles. The first-order chi connectivity index (χ1) is 12.5. The van der Waals surface area contributed by atoms with Crippen LogP contribution in [0.15, 0.2) is 18.2 Å². The van der Waals surface area contributed by atoms with Gasteiger partial charge in [0.2, 0.25) is 5.91 Å². The van der Waals surface area contributed by atoms with Crippen molar-refractivity contribution >= 4 is 5.91 Å². The van der Waals surface area contributed by atoms with Crippen molar-refractivity contribution in [1.82, 2.24) is 10.6 Å². The van der Waals surface area contributed by atoms with Crippen molar-refractivity contribution in [1.29, 1.82) is 0 Å². The van der Waals surface area contributed by atoms with Gasteiger partial charge in [0.05, 0.1) is 19.1 Å². The second kappa shape index (κ2) is 9.68. The zero-order valence-electron chi connectivity index (χ0n) is 15.1. The van der Waals surface area contributed by atoms with Crippen molar-refractivity contribution in [2.45, 2.75) is 25.9 Å². The van der Waals surface area contributed by atoms with E-state index < -0.39 is 12.0 Å². The Morgan fingerprint density at radius 2 is 2.00 bits per heavy atom. The van der Waals surface area contributed by atoms with Crippen LogP contribution in [-0.2, 0) is 16.0 Å². The highest BCUT2D eigenvalue weighted by atomic mass is 19.3. The molecule has 2 rings (SSSR count). The number of benzene rings is 1. The van der Waals surface area contributed by atoms with Crippen LogP contribution in [0.3, 0.4) is 0 Å². The fourth-order valence-corrected chi connectivity index (χ4v) is 3.19. The molecule has 146 valence electrons. The summed E-state index contributed by atoms with van der Waals surface area (Å²) in [5.74, 6) is 0.200. The Morgan fingerprint density at radius 3 is 2.62 bits per heavy atom. The summed E-state index contributed by atoms with van der Waals surface area (Å²) in [6, 6.07) is 4.85. The number of carbonyl (C=O) groups excluding carboxylic acids is 1. The van der Waals surface area contributed by atoms with Crippen LogP contribution in [-0.4, -0.2) is 53.0 Å². The summed E-state index contributed by atoms with van der Waals surface area (Å²) in [4.78, 5) is 12.7. The number of halogens is 2. The summed E-state index contributed by atoms with van der Waals surface area (Å²) in [5.41, 5.74) is 0.261. The third-order valence-electron chi connectivity index (χ3n) is 4.61. The molecule has 0 unspecified atom stereocenters. The van der Waals surface area contributed by atoms with E-state index in [0.29, 0.717) is 19.6 Å². The predicted molar refractivity (Wildman–Crippen MR) is 92.8 cm³/mol. The lowest BCUT2D eigenvalue weighted by Gasteiger charge is -2.35. The van der Waals surface area contributed by atoms with Crippen molar-refractivity contribution in [2.75, 3.05) is 40.5 Å². The van der Waals surface area contributed by atoms with Crippen molar-refractivity contribution in [3.05, 3.63) is 23.8 Å². The van der Waals surface area contributed by atoms with Gasteiger partial charge in [0, 0.05) is 13.7 Å². The van der Waals surface area contributed by atoms with Gasteiger partial charge < -0.3 is 24.8 Å². The molecule has 1 amide bonds. The van der Waals surface area contributed by atoms with Gasteiger partial charge >= 0.3 is 6.61 Å². The van der Waals surface area contributed by atoms with Crippen LogP contribution >= 0.6 is 0 Å². The third kappa shape index (κ3) is 5.28. The van der Waals surface area contributed by atoms with Gasteiger partial charge in [-0.1, -0.05) is 6.07 Å². The maximum absolute atomic E-state index is 12.7. The molecule has 0 atom stereocenters. The zero-order chi connectivity index (χ0) is 19.0. The molecule has 0 bridgehead atoms. The van der Waals surface area contributed by atoms with Gasteiger partial charge in [-0.25, -0.2) is 0 Å². The molecule has 1 saturated heterocycles. The minimum absolute atomic E-state index is 0.0134. The summed E-state index contributed by atoms with van der Waals surface area (Å²) in [6.07, 6.45) is 1.94. The molecule has 2 N–H and O–H groups in total. The molecule has 1 aliphatic heterocycles. The van der Waals surface area contributed by atoms with Crippen LogP contribution in [0.5, 0.6) is 11.5 Å². The molecule has 0 radical (unpaired) electrons. The first-order valence-corrected chi connectivity index (χ1v) is 8.60. The minimum atomic E-state index is -2.92.